The fraction of sp³-hybridized carbons (Fsp3) is 0.286. The molecule has 0 aliphatic rings. The van der Waals surface area contributed by atoms with Crippen molar-refractivity contribution in [2.24, 2.45) is 0 Å². The number of rotatable bonds is 4. The minimum Gasteiger partial charge on any atom is -0.486 e. The number of nitrogens with one attached hydrogen (secondary N) is 1. The topological polar surface area (TPSA) is 67.6 Å². The van der Waals surface area contributed by atoms with Crippen LogP contribution in [-0.4, -0.2) is 30.2 Å². The molecule has 6 nitrogen and oxygen atoms in total. The van der Waals surface area contributed by atoms with Crippen LogP contribution >= 0.6 is 0 Å². The molecule has 0 spiro atoms. The van der Waals surface area contributed by atoms with E-state index in [0.29, 0.717) is 23.8 Å². The van der Waals surface area contributed by atoms with Crippen LogP contribution in [0.25, 0.3) is 0 Å². The summed E-state index contributed by atoms with van der Waals surface area (Å²) in [5.41, 5.74) is 1.54. The number of urea groups is 1. The molecule has 0 aliphatic carbocycles. The van der Waals surface area contributed by atoms with Crippen molar-refractivity contribution in [2.45, 2.75) is 13.5 Å². The first-order chi connectivity index (χ1) is 9.54. The van der Waals surface area contributed by atoms with Crippen LogP contribution in [0.15, 0.2) is 34.9 Å². The molecule has 1 N–H and O–H groups in total. The summed E-state index contributed by atoms with van der Waals surface area (Å²) in [5.74, 6) is 1.37. The highest BCUT2D eigenvalue weighted by Gasteiger charge is 2.05. The van der Waals surface area contributed by atoms with Gasteiger partial charge >= 0.3 is 6.03 Å². The van der Waals surface area contributed by atoms with Gasteiger partial charge < -0.3 is 19.5 Å². The monoisotopic (exact) mass is 275 g/mol. The van der Waals surface area contributed by atoms with Gasteiger partial charge in [0.2, 0.25) is 0 Å². The van der Waals surface area contributed by atoms with E-state index in [0.717, 1.165) is 5.69 Å². The van der Waals surface area contributed by atoms with Gasteiger partial charge in [-0.2, -0.15) is 0 Å². The molecule has 2 amide bonds. The number of amides is 2. The summed E-state index contributed by atoms with van der Waals surface area (Å²) >= 11 is 0. The summed E-state index contributed by atoms with van der Waals surface area (Å²) in [5, 5.41) is 6.53. The predicted octanol–water partition coefficient (Wildman–Crippen LogP) is 2.66. The van der Waals surface area contributed by atoms with E-state index in [1.54, 1.807) is 38.4 Å². The number of carbonyl (C=O) groups excluding carboxylic acids is 1. The molecule has 0 saturated heterocycles. The Morgan fingerprint density at radius 2 is 2.05 bits per heavy atom. The Balaban J connectivity index is 1.89. The van der Waals surface area contributed by atoms with Gasteiger partial charge in [-0.1, -0.05) is 5.16 Å². The lowest BCUT2D eigenvalue weighted by molar-refractivity contribution is 0.230. The Labute approximate surface area is 117 Å². The Kier molecular flexibility index (Phi) is 4.24. The molecule has 106 valence electrons. The number of aromatic nitrogens is 1. The number of carbonyl (C=O) groups is 1. The highest BCUT2D eigenvalue weighted by Crippen LogP contribution is 2.17. The fourth-order valence-electron chi connectivity index (χ4n) is 1.51. The fourth-order valence-corrected chi connectivity index (χ4v) is 1.51. The molecular weight excluding hydrogens is 258 g/mol. The molecule has 0 fully saturated rings. The van der Waals surface area contributed by atoms with Gasteiger partial charge in [0, 0.05) is 25.8 Å². The molecule has 1 aromatic carbocycles. The van der Waals surface area contributed by atoms with E-state index < -0.39 is 0 Å². The van der Waals surface area contributed by atoms with Crippen molar-refractivity contribution in [2.75, 3.05) is 19.4 Å². The van der Waals surface area contributed by atoms with Gasteiger partial charge in [0.15, 0.2) is 5.76 Å². The molecule has 1 aromatic heterocycles. The predicted molar refractivity (Wildman–Crippen MR) is 74.7 cm³/mol. The van der Waals surface area contributed by atoms with Crippen molar-refractivity contribution in [3.63, 3.8) is 0 Å². The number of aryl methyl sites for hydroxylation is 1. The zero-order valence-corrected chi connectivity index (χ0v) is 11.7. The molecule has 0 radical (unpaired) electrons. The summed E-state index contributed by atoms with van der Waals surface area (Å²) in [7, 11) is 3.37. The molecule has 20 heavy (non-hydrogen) atoms. The van der Waals surface area contributed by atoms with Crippen LogP contribution in [0.5, 0.6) is 5.75 Å². The van der Waals surface area contributed by atoms with Gasteiger partial charge in [-0.25, -0.2) is 4.79 Å². The molecule has 0 unspecified atom stereocenters. The second-order valence-electron chi connectivity index (χ2n) is 4.57. The zero-order valence-electron chi connectivity index (χ0n) is 11.7. The maximum atomic E-state index is 11.5. The average Bonchev–Trinajstić information content (AvgIpc) is 2.83. The van der Waals surface area contributed by atoms with Gasteiger partial charge in [-0.15, -0.1) is 0 Å². The third-order valence-corrected chi connectivity index (χ3v) is 2.57. The molecule has 0 atom stereocenters. The number of ether oxygens (including phenoxy) is 1. The molecule has 2 aromatic rings. The SMILES string of the molecule is Cc1cc(COc2ccc(NC(=O)N(C)C)cc2)on1. The van der Waals surface area contributed by atoms with Crippen LogP contribution in [-0.2, 0) is 6.61 Å². The van der Waals surface area contributed by atoms with E-state index in [4.69, 9.17) is 9.26 Å². The maximum Gasteiger partial charge on any atom is 0.321 e. The minimum atomic E-state index is -0.171. The van der Waals surface area contributed by atoms with E-state index in [9.17, 15) is 4.79 Å². The number of anilines is 1. The summed E-state index contributed by atoms with van der Waals surface area (Å²) in [6, 6.07) is 8.79. The highest BCUT2D eigenvalue weighted by molar-refractivity contribution is 5.88. The Morgan fingerprint density at radius 3 is 2.60 bits per heavy atom. The number of hydrogen-bond donors (Lipinski definition) is 1. The van der Waals surface area contributed by atoms with Gasteiger partial charge in [0.25, 0.3) is 0 Å². The molecule has 0 saturated carbocycles. The van der Waals surface area contributed by atoms with E-state index in [1.165, 1.54) is 4.90 Å². The molecule has 0 aliphatic heterocycles. The summed E-state index contributed by atoms with van der Waals surface area (Å²) < 4.78 is 10.6. The number of benzene rings is 1. The van der Waals surface area contributed by atoms with Gasteiger partial charge in [-0.3, -0.25) is 0 Å². The van der Waals surface area contributed by atoms with Gasteiger partial charge in [0.1, 0.15) is 12.4 Å². The lowest BCUT2D eigenvalue weighted by Crippen LogP contribution is -2.27. The third-order valence-electron chi connectivity index (χ3n) is 2.57. The van der Waals surface area contributed by atoms with Gasteiger partial charge in [0.05, 0.1) is 5.69 Å². The zero-order chi connectivity index (χ0) is 14.5. The second kappa shape index (κ2) is 6.10. The summed E-state index contributed by atoms with van der Waals surface area (Å²) in [6.45, 7) is 2.18. The Morgan fingerprint density at radius 1 is 1.35 bits per heavy atom. The smallest absolute Gasteiger partial charge is 0.321 e. The maximum absolute atomic E-state index is 11.5. The average molecular weight is 275 g/mol. The van der Waals surface area contributed by atoms with Crippen molar-refractivity contribution in [1.82, 2.24) is 10.1 Å². The first kappa shape index (κ1) is 13.9. The highest BCUT2D eigenvalue weighted by atomic mass is 16.5. The van der Waals surface area contributed by atoms with Crippen LogP contribution in [0, 0.1) is 6.92 Å². The Hall–Kier alpha value is -2.50. The molecule has 1 heterocycles. The summed E-state index contributed by atoms with van der Waals surface area (Å²) in [6.07, 6.45) is 0. The number of hydrogen-bond acceptors (Lipinski definition) is 4. The van der Waals surface area contributed by atoms with Crippen LogP contribution in [0.2, 0.25) is 0 Å². The van der Waals surface area contributed by atoms with Crippen LogP contribution in [0.4, 0.5) is 10.5 Å². The minimum absolute atomic E-state index is 0.171. The quantitative estimate of drug-likeness (QED) is 0.931. The normalized spacial score (nSPS) is 10.2. The van der Waals surface area contributed by atoms with E-state index in [2.05, 4.69) is 10.5 Å². The molecule has 6 heteroatoms. The standard InChI is InChI=1S/C14H17N3O3/c1-10-8-13(20-16-10)9-19-12-6-4-11(5-7-12)15-14(18)17(2)3/h4-8H,9H2,1-3H3,(H,15,18). The van der Waals surface area contributed by atoms with E-state index in [1.807, 2.05) is 13.0 Å². The van der Waals surface area contributed by atoms with Crippen molar-refractivity contribution >= 4 is 11.7 Å². The van der Waals surface area contributed by atoms with Crippen LogP contribution in [0.1, 0.15) is 11.5 Å². The Bertz CT molecular complexity index is 576. The first-order valence-corrected chi connectivity index (χ1v) is 6.18. The van der Waals surface area contributed by atoms with Crippen LogP contribution < -0.4 is 10.1 Å². The van der Waals surface area contributed by atoms with E-state index in [-0.39, 0.29) is 6.03 Å². The van der Waals surface area contributed by atoms with Crippen LogP contribution in [0.3, 0.4) is 0 Å². The van der Waals surface area contributed by atoms with Gasteiger partial charge in [-0.05, 0) is 31.2 Å². The van der Waals surface area contributed by atoms with Crippen molar-refractivity contribution < 1.29 is 14.1 Å². The third kappa shape index (κ3) is 3.74. The molecular formula is C14H17N3O3. The lowest BCUT2D eigenvalue weighted by Gasteiger charge is -2.12. The van der Waals surface area contributed by atoms with E-state index >= 15 is 0 Å². The lowest BCUT2D eigenvalue weighted by atomic mass is 10.3. The van der Waals surface area contributed by atoms with Crippen molar-refractivity contribution in [3.8, 4) is 5.75 Å². The summed E-state index contributed by atoms with van der Waals surface area (Å²) in [4.78, 5) is 12.9. The molecule has 2 rings (SSSR count). The second-order valence-corrected chi connectivity index (χ2v) is 4.57. The first-order valence-electron chi connectivity index (χ1n) is 6.18. The number of nitrogens with zero attached hydrogens (tertiary/aromatic N) is 2. The largest absolute Gasteiger partial charge is 0.486 e. The van der Waals surface area contributed by atoms with Crippen molar-refractivity contribution in [1.29, 1.82) is 0 Å². The molecule has 0 bridgehead atoms. The van der Waals surface area contributed by atoms with Crippen molar-refractivity contribution in [3.05, 3.63) is 41.8 Å².